The molecule has 32 heavy (non-hydrogen) atoms. The molecular weight excluding hydrogens is 396 g/mol. The Morgan fingerprint density at radius 2 is 1.81 bits per heavy atom. The van der Waals surface area contributed by atoms with Crippen LogP contribution in [0.3, 0.4) is 0 Å². The number of carbonyl (C=O) groups excluding carboxylic acids is 1. The van der Waals surface area contributed by atoms with Gasteiger partial charge in [-0.15, -0.1) is 0 Å². The van der Waals surface area contributed by atoms with Crippen molar-refractivity contribution < 1.29 is 14.6 Å². The first-order chi connectivity index (χ1) is 15.5. The Morgan fingerprint density at radius 3 is 2.50 bits per heavy atom. The zero-order valence-corrected chi connectivity index (χ0v) is 19.9. The van der Waals surface area contributed by atoms with Crippen molar-refractivity contribution in [3.8, 4) is 0 Å². The van der Waals surface area contributed by atoms with E-state index in [2.05, 4.69) is 49.9 Å². The van der Waals surface area contributed by atoms with Crippen molar-refractivity contribution in [2.75, 3.05) is 13.2 Å². The van der Waals surface area contributed by atoms with Gasteiger partial charge in [0.25, 0.3) is 0 Å². The smallest absolute Gasteiger partial charge is 0.333 e. The van der Waals surface area contributed by atoms with Crippen LogP contribution in [0.15, 0.2) is 48.6 Å². The van der Waals surface area contributed by atoms with Crippen molar-refractivity contribution in [1.82, 2.24) is 0 Å². The standard InChI is InChI=1S/C29H40O3/c1-4-5-6-7-22-10-13-28-18-27(15-14-26(28)17-22)25-11-8-23(9-12-25)16-24(19-30)20-32-29(31)21(2)3/h10,13-15,17-18,23-25,30H,2,4-9,11-12,16,19-20H2,1,3H3. The summed E-state index contributed by atoms with van der Waals surface area (Å²) in [5.74, 6) is 0.871. The van der Waals surface area contributed by atoms with Gasteiger partial charge in [-0.3, -0.25) is 0 Å². The second-order valence-corrected chi connectivity index (χ2v) is 9.78. The predicted octanol–water partition coefficient (Wildman–Crippen LogP) is 6.96. The third-order valence-electron chi connectivity index (χ3n) is 7.04. The Balaban J connectivity index is 1.52. The Hall–Kier alpha value is -2.13. The van der Waals surface area contributed by atoms with Crippen LogP contribution in [-0.2, 0) is 16.0 Å². The molecular formula is C29H40O3. The fourth-order valence-corrected chi connectivity index (χ4v) is 5.02. The van der Waals surface area contributed by atoms with E-state index in [9.17, 15) is 9.90 Å². The van der Waals surface area contributed by atoms with Crippen LogP contribution in [0.25, 0.3) is 10.8 Å². The van der Waals surface area contributed by atoms with Crippen molar-refractivity contribution in [3.63, 3.8) is 0 Å². The highest BCUT2D eigenvalue weighted by atomic mass is 16.5. The molecule has 2 aromatic carbocycles. The maximum Gasteiger partial charge on any atom is 0.333 e. The maximum atomic E-state index is 11.6. The summed E-state index contributed by atoms with van der Waals surface area (Å²) in [6.07, 6.45) is 10.7. The van der Waals surface area contributed by atoms with E-state index in [4.69, 9.17) is 4.74 Å². The third-order valence-corrected chi connectivity index (χ3v) is 7.04. The van der Waals surface area contributed by atoms with Crippen LogP contribution in [0, 0.1) is 11.8 Å². The van der Waals surface area contributed by atoms with Crippen molar-refractivity contribution in [1.29, 1.82) is 0 Å². The maximum absolute atomic E-state index is 11.6. The number of benzene rings is 2. The van der Waals surface area contributed by atoms with Crippen molar-refractivity contribution in [2.45, 2.75) is 77.6 Å². The van der Waals surface area contributed by atoms with E-state index in [-0.39, 0.29) is 25.1 Å². The van der Waals surface area contributed by atoms with Gasteiger partial charge in [-0.05, 0) is 85.6 Å². The minimum atomic E-state index is -0.364. The lowest BCUT2D eigenvalue weighted by Gasteiger charge is -2.31. The minimum absolute atomic E-state index is 0.0204. The van der Waals surface area contributed by atoms with Crippen molar-refractivity contribution >= 4 is 16.7 Å². The summed E-state index contributed by atoms with van der Waals surface area (Å²) < 4.78 is 5.27. The van der Waals surface area contributed by atoms with Crippen LogP contribution in [0.1, 0.15) is 82.3 Å². The quantitative estimate of drug-likeness (QED) is 0.235. The van der Waals surface area contributed by atoms with E-state index in [1.54, 1.807) is 6.92 Å². The minimum Gasteiger partial charge on any atom is -0.462 e. The van der Waals surface area contributed by atoms with Crippen LogP contribution in [0.5, 0.6) is 0 Å². The first-order valence-corrected chi connectivity index (χ1v) is 12.5. The number of aryl methyl sites for hydroxylation is 1. The second kappa shape index (κ2) is 12.2. The summed E-state index contributed by atoms with van der Waals surface area (Å²) in [5, 5.41) is 12.4. The molecule has 1 N–H and O–H groups in total. The number of ether oxygens (including phenoxy) is 1. The van der Waals surface area contributed by atoms with Crippen LogP contribution >= 0.6 is 0 Å². The first kappa shape index (κ1) is 24.5. The molecule has 0 heterocycles. The lowest BCUT2D eigenvalue weighted by atomic mass is 9.75. The van der Waals surface area contributed by atoms with Gasteiger partial charge in [0.1, 0.15) is 0 Å². The predicted molar refractivity (Wildman–Crippen MR) is 133 cm³/mol. The molecule has 3 nitrogen and oxygen atoms in total. The average Bonchev–Trinajstić information content (AvgIpc) is 2.81. The zero-order chi connectivity index (χ0) is 22.9. The molecule has 3 rings (SSSR count). The van der Waals surface area contributed by atoms with Crippen LogP contribution in [-0.4, -0.2) is 24.3 Å². The number of fused-ring (bicyclic) bond motifs is 1. The molecule has 174 valence electrons. The Kier molecular flexibility index (Phi) is 9.35. The highest BCUT2D eigenvalue weighted by Crippen LogP contribution is 2.39. The van der Waals surface area contributed by atoms with E-state index >= 15 is 0 Å². The summed E-state index contributed by atoms with van der Waals surface area (Å²) >= 11 is 0. The van der Waals surface area contributed by atoms with Gasteiger partial charge in [0, 0.05) is 18.1 Å². The number of esters is 1. The number of rotatable bonds is 11. The van der Waals surface area contributed by atoms with E-state index in [1.807, 2.05) is 0 Å². The summed E-state index contributed by atoms with van der Waals surface area (Å²) in [6, 6.07) is 14.0. The lowest BCUT2D eigenvalue weighted by molar-refractivity contribution is -0.140. The topological polar surface area (TPSA) is 46.5 Å². The molecule has 0 saturated heterocycles. The molecule has 3 heteroatoms. The number of aliphatic hydroxyl groups is 1. The number of aliphatic hydroxyl groups excluding tert-OH is 1. The van der Waals surface area contributed by atoms with Gasteiger partial charge in [0.15, 0.2) is 0 Å². The lowest BCUT2D eigenvalue weighted by Crippen LogP contribution is -2.23. The molecule has 0 bridgehead atoms. The number of unbranched alkanes of at least 4 members (excludes halogenated alkanes) is 2. The number of hydrogen-bond donors (Lipinski definition) is 1. The molecule has 2 aromatic rings. The fourth-order valence-electron chi connectivity index (χ4n) is 5.02. The zero-order valence-electron chi connectivity index (χ0n) is 19.9. The Morgan fingerprint density at radius 1 is 1.09 bits per heavy atom. The molecule has 1 unspecified atom stereocenters. The monoisotopic (exact) mass is 436 g/mol. The third kappa shape index (κ3) is 6.93. The molecule has 0 radical (unpaired) electrons. The molecule has 1 saturated carbocycles. The van der Waals surface area contributed by atoms with Gasteiger partial charge in [0.05, 0.1) is 6.61 Å². The van der Waals surface area contributed by atoms with E-state index in [1.165, 1.54) is 73.3 Å². The Bertz CT molecular complexity index is 892. The fraction of sp³-hybridized carbons (Fsp3) is 0.552. The first-order valence-electron chi connectivity index (χ1n) is 12.5. The summed E-state index contributed by atoms with van der Waals surface area (Å²) in [7, 11) is 0. The van der Waals surface area contributed by atoms with Gasteiger partial charge in [-0.2, -0.15) is 0 Å². The van der Waals surface area contributed by atoms with E-state index < -0.39 is 0 Å². The number of hydrogen-bond acceptors (Lipinski definition) is 3. The normalized spacial score (nSPS) is 19.6. The molecule has 0 aliphatic heterocycles. The second-order valence-electron chi connectivity index (χ2n) is 9.78. The molecule has 1 fully saturated rings. The molecule has 0 amide bonds. The van der Waals surface area contributed by atoms with Crippen molar-refractivity contribution in [3.05, 3.63) is 59.7 Å². The summed E-state index contributed by atoms with van der Waals surface area (Å²) in [5.41, 5.74) is 3.32. The molecule has 1 atom stereocenters. The summed E-state index contributed by atoms with van der Waals surface area (Å²) in [6.45, 7) is 7.86. The van der Waals surface area contributed by atoms with Gasteiger partial charge in [-0.25, -0.2) is 4.79 Å². The largest absolute Gasteiger partial charge is 0.462 e. The molecule has 0 spiro atoms. The van der Waals surface area contributed by atoms with Gasteiger partial charge in [0.2, 0.25) is 0 Å². The van der Waals surface area contributed by atoms with Gasteiger partial charge >= 0.3 is 5.97 Å². The van der Waals surface area contributed by atoms with Crippen molar-refractivity contribution in [2.24, 2.45) is 11.8 Å². The highest BCUT2D eigenvalue weighted by Gasteiger charge is 2.25. The summed E-state index contributed by atoms with van der Waals surface area (Å²) in [4.78, 5) is 11.6. The molecule has 1 aliphatic carbocycles. The van der Waals surface area contributed by atoms with Crippen LogP contribution in [0.4, 0.5) is 0 Å². The number of carbonyl (C=O) groups is 1. The van der Waals surface area contributed by atoms with Crippen LogP contribution < -0.4 is 0 Å². The molecule has 1 aliphatic rings. The van der Waals surface area contributed by atoms with Gasteiger partial charge in [-0.1, -0.05) is 62.7 Å². The highest BCUT2D eigenvalue weighted by molar-refractivity contribution is 5.87. The van der Waals surface area contributed by atoms with Crippen LogP contribution in [0.2, 0.25) is 0 Å². The average molecular weight is 437 g/mol. The van der Waals surface area contributed by atoms with E-state index in [0.29, 0.717) is 17.4 Å². The van der Waals surface area contributed by atoms with Gasteiger partial charge < -0.3 is 9.84 Å². The Labute approximate surface area is 193 Å². The SMILES string of the molecule is C=C(C)C(=O)OCC(CO)CC1CCC(c2ccc3cc(CCCCC)ccc3c2)CC1. The van der Waals surface area contributed by atoms with E-state index in [0.717, 1.165) is 6.42 Å². The molecule has 0 aromatic heterocycles.